The summed E-state index contributed by atoms with van der Waals surface area (Å²) in [6, 6.07) is 15.6. The van der Waals surface area contributed by atoms with Crippen LogP contribution in [-0.2, 0) is 10.3 Å². The highest BCUT2D eigenvalue weighted by Gasteiger charge is 2.49. The molecule has 1 saturated heterocycles. The van der Waals surface area contributed by atoms with E-state index in [9.17, 15) is 14.4 Å². The maximum atomic E-state index is 12.8. The van der Waals surface area contributed by atoms with E-state index < -0.39 is 17.5 Å². The standard InChI is InChI=1S/C19H18N2O3S/c1-19(14-6-4-3-5-7-14)17(23)21(18(24)20-19)12-16(22)13-8-10-15(25-2)11-9-13/h3-11H,12H2,1-2H3,(H,20,24)/t19-/m1/s1. The summed E-state index contributed by atoms with van der Waals surface area (Å²) in [7, 11) is 0. The third-order valence-corrected chi connectivity index (χ3v) is 5.08. The van der Waals surface area contributed by atoms with E-state index in [4.69, 9.17) is 0 Å². The number of carbonyl (C=O) groups excluding carboxylic acids is 3. The summed E-state index contributed by atoms with van der Waals surface area (Å²) < 4.78 is 0. The van der Waals surface area contributed by atoms with Crippen LogP contribution in [0.25, 0.3) is 0 Å². The molecule has 0 saturated carbocycles. The van der Waals surface area contributed by atoms with E-state index in [0.29, 0.717) is 11.1 Å². The molecule has 1 N–H and O–H groups in total. The summed E-state index contributed by atoms with van der Waals surface area (Å²) in [6.45, 7) is 1.38. The molecule has 1 aliphatic heterocycles. The van der Waals surface area contributed by atoms with E-state index >= 15 is 0 Å². The number of urea groups is 1. The zero-order chi connectivity index (χ0) is 18.0. The van der Waals surface area contributed by atoms with Crippen LogP contribution in [0, 0.1) is 0 Å². The Morgan fingerprint density at radius 3 is 2.32 bits per heavy atom. The summed E-state index contributed by atoms with van der Waals surface area (Å²) in [6.07, 6.45) is 1.95. The zero-order valence-corrected chi connectivity index (χ0v) is 14.8. The molecule has 2 aromatic carbocycles. The number of hydrogen-bond acceptors (Lipinski definition) is 4. The van der Waals surface area contributed by atoms with Crippen molar-refractivity contribution in [3.63, 3.8) is 0 Å². The van der Waals surface area contributed by atoms with Crippen LogP contribution in [0.1, 0.15) is 22.8 Å². The van der Waals surface area contributed by atoms with E-state index in [0.717, 1.165) is 9.80 Å². The number of nitrogens with one attached hydrogen (secondary N) is 1. The molecule has 3 rings (SSSR count). The van der Waals surface area contributed by atoms with Crippen molar-refractivity contribution in [2.24, 2.45) is 0 Å². The molecule has 2 aromatic rings. The number of benzene rings is 2. The first-order valence-electron chi connectivity index (χ1n) is 7.82. The first kappa shape index (κ1) is 17.2. The normalized spacial score (nSPS) is 19.8. The van der Waals surface area contributed by atoms with Crippen molar-refractivity contribution in [3.05, 3.63) is 65.7 Å². The Labute approximate surface area is 150 Å². The van der Waals surface area contributed by atoms with Crippen LogP contribution in [0.5, 0.6) is 0 Å². The molecule has 25 heavy (non-hydrogen) atoms. The van der Waals surface area contributed by atoms with Gasteiger partial charge >= 0.3 is 6.03 Å². The third kappa shape index (κ3) is 3.17. The number of thioether (sulfide) groups is 1. The molecule has 0 spiro atoms. The number of carbonyl (C=O) groups is 3. The molecule has 0 radical (unpaired) electrons. The summed E-state index contributed by atoms with van der Waals surface area (Å²) in [4.78, 5) is 39.6. The highest BCUT2D eigenvalue weighted by molar-refractivity contribution is 7.98. The average molecular weight is 354 g/mol. The topological polar surface area (TPSA) is 66.5 Å². The van der Waals surface area contributed by atoms with E-state index in [1.165, 1.54) is 0 Å². The highest BCUT2D eigenvalue weighted by atomic mass is 32.2. The number of imide groups is 1. The van der Waals surface area contributed by atoms with Gasteiger partial charge in [-0.25, -0.2) is 4.79 Å². The van der Waals surface area contributed by atoms with Crippen LogP contribution in [-0.4, -0.2) is 35.4 Å². The lowest BCUT2D eigenvalue weighted by molar-refractivity contribution is -0.130. The van der Waals surface area contributed by atoms with Crippen molar-refractivity contribution < 1.29 is 14.4 Å². The van der Waals surface area contributed by atoms with Crippen molar-refractivity contribution >= 4 is 29.5 Å². The van der Waals surface area contributed by atoms with Gasteiger partial charge in [0.2, 0.25) is 0 Å². The Hall–Kier alpha value is -2.60. The Kier molecular flexibility index (Phi) is 4.63. The first-order chi connectivity index (χ1) is 12.0. The summed E-state index contributed by atoms with van der Waals surface area (Å²) in [5.74, 6) is -0.689. The summed E-state index contributed by atoms with van der Waals surface area (Å²) in [5.41, 5.74) is 0.0146. The minimum atomic E-state index is -1.15. The van der Waals surface area contributed by atoms with Gasteiger partial charge in [-0.2, -0.15) is 0 Å². The van der Waals surface area contributed by atoms with E-state index in [2.05, 4.69) is 5.32 Å². The zero-order valence-electron chi connectivity index (χ0n) is 14.0. The first-order valence-corrected chi connectivity index (χ1v) is 9.05. The molecule has 5 nitrogen and oxygen atoms in total. The van der Waals surface area contributed by atoms with Gasteiger partial charge in [-0.05, 0) is 30.9 Å². The van der Waals surface area contributed by atoms with Crippen LogP contribution in [0.2, 0.25) is 0 Å². The van der Waals surface area contributed by atoms with Gasteiger partial charge in [-0.3, -0.25) is 14.5 Å². The van der Waals surface area contributed by atoms with Crippen molar-refractivity contribution in [2.75, 3.05) is 12.8 Å². The fourth-order valence-corrected chi connectivity index (χ4v) is 3.23. The van der Waals surface area contributed by atoms with E-state index in [1.54, 1.807) is 55.1 Å². The predicted octanol–water partition coefficient (Wildman–Crippen LogP) is 3.06. The average Bonchev–Trinajstić information content (AvgIpc) is 2.86. The maximum Gasteiger partial charge on any atom is 0.325 e. The molecule has 6 heteroatoms. The van der Waals surface area contributed by atoms with E-state index in [-0.39, 0.29) is 12.3 Å². The molecule has 1 aliphatic rings. The minimum absolute atomic E-state index is 0.270. The molecule has 0 aliphatic carbocycles. The Morgan fingerprint density at radius 1 is 1.08 bits per heavy atom. The number of amides is 3. The van der Waals surface area contributed by atoms with Crippen molar-refractivity contribution in [3.8, 4) is 0 Å². The van der Waals surface area contributed by atoms with Gasteiger partial charge in [-0.1, -0.05) is 42.5 Å². The van der Waals surface area contributed by atoms with Gasteiger partial charge in [0.1, 0.15) is 5.54 Å². The molecular formula is C19H18N2O3S. The maximum absolute atomic E-state index is 12.8. The van der Waals surface area contributed by atoms with Crippen LogP contribution < -0.4 is 5.32 Å². The van der Waals surface area contributed by atoms with Gasteiger partial charge in [0.05, 0.1) is 6.54 Å². The fraction of sp³-hybridized carbons (Fsp3) is 0.211. The largest absolute Gasteiger partial charge is 0.325 e. The van der Waals surface area contributed by atoms with Gasteiger partial charge in [-0.15, -0.1) is 11.8 Å². The fourth-order valence-electron chi connectivity index (χ4n) is 2.82. The van der Waals surface area contributed by atoms with Crippen LogP contribution >= 0.6 is 11.8 Å². The molecule has 128 valence electrons. The van der Waals surface area contributed by atoms with Gasteiger partial charge in [0.15, 0.2) is 5.78 Å². The minimum Gasteiger partial charge on any atom is -0.319 e. The molecule has 0 bridgehead atoms. The molecule has 0 unspecified atom stereocenters. The molecule has 3 amide bonds. The van der Waals surface area contributed by atoms with Crippen molar-refractivity contribution in [2.45, 2.75) is 17.4 Å². The summed E-state index contributed by atoms with van der Waals surface area (Å²) >= 11 is 1.58. The number of nitrogens with zero attached hydrogens (tertiary/aromatic N) is 1. The SMILES string of the molecule is CSc1ccc(C(=O)CN2C(=O)N[C@](C)(c3ccccc3)C2=O)cc1. The van der Waals surface area contributed by atoms with Crippen LogP contribution in [0.4, 0.5) is 4.79 Å². The Morgan fingerprint density at radius 2 is 1.72 bits per heavy atom. The lowest BCUT2D eigenvalue weighted by atomic mass is 9.92. The molecule has 1 atom stereocenters. The number of ketones is 1. The highest BCUT2D eigenvalue weighted by Crippen LogP contribution is 2.28. The van der Waals surface area contributed by atoms with Gasteiger partial charge in [0.25, 0.3) is 5.91 Å². The number of Topliss-reactive ketones (excluding diaryl/α,β-unsaturated/α-hetero) is 1. The molecule has 1 fully saturated rings. The second kappa shape index (κ2) is 6.72. The second-order valence-electron chi connectivity index (χ2n) is 5.96. The Balaban J connectivity index is 1.80. The quantitative estimate of drug-likeness (QED) is 0.509. The van der Waals surface area contributed by atoms with Crippen LogP contribution in [0.3, 0.4) is 0 Å². The van der Waals surface area contributed by atoms with Crippen molar-refractivity contribution in [1.82, 2.24) is 10.2 Å². The smallest absolute Gasteiger partial charge is 0.319 e. The lowest BCUT2D eigenvalue weighted by Gasteiger charge is -2.22. The van der Waals surface area contributed by atoms with Crippen molar-refractivity contribution in [1.29, 1.82) is 0 Å². The Bertz CT molecular complexity index is 820. The molecule has 0 aromatic heterocycles. The monoisotopic (exact) mass is 354 g/mol. The predicted molar refractivity (Wildman–Crippen MR) is 96.6 cm³/mol. The molecular weight excluding hydrogens is 336 g/mol. The third-order valence-electron chi connectivity index (χ3n) is 4.34. The van der Waals surface area contributed by atoms with E-state index in [1.807, 2.05) is 24.5 Å². The van der Waals surface area contributed by atoms with Gasteiger partial charge < -0.3 is 5.32 Å². The number of hydrogen-bond donors (Lipinski definition) is 1. The van der Waals surface area contributed by atoms with Gasteiger partial charge in [0, 0.05) is 10.5 Å². The lowest BCUT2D eigenvalue weighted by Crippen LogP contribution is -2.41. The van der Waals surface area contributed by atoms with Crippen LogP contribution in [0.15, 0.2) is 59.5 Å². The summed E-state index contributed by atoms with van der Waals surface area (Å²) in [5, 5.41) is 2.70. The second-order valence-corrected chi connectivity index (χ2v) is 6.84. The molecule has 1 heterocycles. The number of rotatable bonds is 5.